The minimum absolute atomic E-state index is 0.0382. The molecule has 0 unspecified atom stereocenters. The highest BCUT2D eigenvalue weighted by Crippen LogP contribution is 2.29. The van der Waals surface area contributed by atoms with Gasteiger partial charge >= 0.3 is 0 Å². The third kappa shape index (κ3) is 2.84. The molecule has 0 spiro atoms. The number of amides is 1. The zero-order valence-corrected chi connectivity index (χ0v) is 11.5. The summed E-state index contributed by atoms with van der Waals surface area (Å²) in [6.45, 7) is 0.559. The van der Waals surface area contributed by atoms with Crippen molar-refractivity contribution in [3.05, 3.63) is 51.5 Å². The minimum Gasteiger partial charge on any atom is -0.347 e. The van der Waals surface area contributed by atoms with Gasteiger partial charge in [0.25, 0.3) is 5.91 Å². The molecule has 2 aromatic rings. The Morgan fingerprint density at radius 1 is 1.26 bits per heavy atom. The number of aryl methyl sites for hydroxylation is 2. The Morgan fingerprint density at radius 2 is 2.05 bits per heavy atom. The van der Waals surface area contributed by atoms with Crippen LogP contribution in [-0.4, -0.2) is 10.9 Å². The van der Waals surface area contributed by atoms with Crippen molar-refractivity contribution in [3.8, 4) is 0 Å². The Labute approximate surface area is 116 Å². The lowest BCUT2D eigenvalue weighted by atomic mass is 9.99. The maximum absolute atomic E-state index is 12.1. The molecule has 3 nitrogen and oxygen atoms in total. The number of fused-ring (bicyclic) bond motifs is 1. The highest BCUT2D eigenvalue weighted by atomic mass is 32.1. The van der Waals surface area contributed by atoms with Crippen molar-refractivity contribution < 1.29 is 4.79 Å². The summed E-state index contributed by atoms with van der Waals surface area (Å²) in [6.07, 6.45) is 8.26. The van der Waals surface area contributed by atoms with E-state index in [-0.39, 0.29) is 5.91 Å². The monoisotopic (exact) mass is 272 g/mol. The first kappa shape index (κ1) is 12.4. The lowest BCUT2D eigenvalue weighted by Crippen LogP contribution is -2.21. The van der Waals surface area contributed by atoms with Gasteiger partial charge in [0.15, 0.2) is 0 Å². The van der Waals surface area contributed by atoms with Crippen LogP contribution in [0.1, 0.15) is 38.5 Å². The number of thiophene rings is 1. The average molecular weight is 272 g/mol. The highest BCUT2D eigenvalue weighted by Gasteiger charge is 2.16. The van der Waals surface area contributed by atoms with Gasteiger partial charge in [-0.15, -0.1) is 11.3 Å². The number of pyridine rings is 1. The number of hydrogen-bond donors (Lipinski definition) is 1. The third-order valence-electron chi connectivity index (χ3n) is 3.42. The van der Waals surface area contributed by atoms with Crippen molar-refractivity contribution in [2.45, 2.75) is 32.2 Å². The van der Waals surface area contributed by atoms with E-state index in [0.717, 1.165) is 23.3 Å². The van der Waals surface area contributed by atoms with Crippen molar-refractivity contribution >= 4 is 17.2 Å². The molecule has 0 aromatic carbocycles. The molecule has 1 N–H and O–H groups in total. The van der Waals surface area contributed by atoms with Crippen LogP contribution in [0, 0.1) is 0 Å². The van der Waals surface area contributed by atoms with Crippen molar-refractivity contribution in [1.29, 1.82) is 0 Å². The van der Waals surface area contributed by atoms with Crippen LogP contribution in [0.2, 0.25) is 0 Å². The first-order valence-electron chi connectivity index (χ1n) is 6.61. The van der Waals surface area contributed by atoms with Gasteiger partial charge in [-0.25, -0.2) is 0 Å². The summed E-state index contributed by atoms with van der Waals surface area (Å²) in [7, 11) is 0. The number of hydrogen-bond acceptors (Lipinski definition) is 3. The Balaban J connectivity index is 1.65. The maximum atomic E-state index is 12.1. The van der Waals surface area contributed by atoms with Crippen molar-refractivity contribution in [2.24, 2.45) is 0 Å². The van der Waals surface area contributed by atoms with Crippen LogP contribution < -0.4 is 5.32 Å². The van der Waals surface area contributed by atoms with Crippen LogP contribution in [0.3, 0.4) is 0 Å². The third-order valence-corrected chi connectivity index (χ3v) is 4.66. The zero-order valence-electron chi connectivity index (χ0n) is 10.7. The predicted octanol–water partition coefficient (Wildman–Crippen LogP) is 2.95. The van der Waals surface area contributed by atoms with E-state index in [1.165, 1.54) is 23.3 Å². The lowest BCUT2D eigenvalue weighted by molar-refractivity contribution is 0.0955. The van der Waals surface area contributed by atoms with Gasteiger partial charge < -0.3 is 5.32 Å². The maximum Gasteiger partial charge on any atom is 0.261 e. The van der Waals surface area contributed by atoms with E-state index >= 15 is 0 Å². The molecule has 0 bridgehead atoms. The first-order valence-corrected chi connectivity index (χ1v) is 7.43. The van der Waals surface area contributed by atoms with E-state index in [0.29, 0.717) is 6.54 Å². The fourth-order valence-electron chi connectivity index (χ4n) is 2.37. The highest BCUT2D eigenvalue weighted by molar-refractivity contribution is 7.14. The normalized spacial score (nSPS) is 13.9. The standard InChI is InChI=1S/C15H16N2OS/c18-15(17-10-11-5-7-16-8-6-11)14-9-12-3-1-2-4-13(12)19-14/h5-9H,1-4,10H2,(H,17,18). The van der Waals surface area contributed by atoms with Crippen molar-refractivity contribution in [3.63, 3.8) is 0 Å². The van der Waals surface area contributed by atoms with E-state index in [1.54, 1.807) is 23.7 Å². The molecule has 2 aromatic heterocycles. The van der Waals surface area contributed by atoms with Gasteiger partial charge in [0.05, 0.1) is 4.88 Å². The van der Waals surface area contributed by atoms with E-state index in [1.807, 2.05) is 12.1 Å². The summed E-state index contributed by atoms with van der Waals surface area (Å²) in [4.78, 5) is 18.3. The van der Waals surface area contributed by atoms with Crippen LogP contribution in [-0.2, 0) is 19.4 Å². The number of rotatable bonds is 3. The zero-order chi connectivity index (χ0) is 13.1. The van der Waals surface area contributed by atoms with Gasteiger partial charge in [0, 0.05) is 23.8 Å². The molecule has 1 aliphatic carbocycles. The van der Waals surface area contributed by atoms with Gasteiger partial charge in [0.2, 0.25) is 0 Å². The van der Waals surface area contributed by atoms with Gasteiger partial charge in [-0.1, -0.05) is 0 Å². The summed E-state index contributed by atoms with van der Waals surface area (Å²) < 4.78 is 0. The number of aromatic nitrogens is 1. The molecular formula is C15H16N2OS. The molecule has 0 saturated heterocycles. The summed E-state index contributed by atoms with van der Waals surface area (Å²) in [5, 5.41) is 2.97. The number of nitrogens with zero attached hydrogens (tertiary/aromatic N) is 1. The Morgan fingerprint density at radius 3 is 2.84 bits per heavy atom. The van der Waals surface area contributed by atoms with E-state index in [2.05, 4.69) is 16.4 Å². The summed E-state index contributed by atoms with van der Waals surface area (Å²) in [5.41, 5.74) is 2.45. The van der Waals surface area contributed by atoms with Crippen molar-refractivity contribution in [1.82, 2.24) is 10.3 Å². The van der Waals surface area contributed by atoms with Gasteiger partial charge in [0.1, 0.15) is 0 Å². The average Bonchev–Trinajstić information content (AvgIpc) is 2.90. The van der Waals surface area contributed by atoms with Gasteiger partial charge in [-0.05, 0) is 55.0 Å². The summed E-state index contributed by atoms with van der Waals surface area (Å²) in [6, 6.07) is 5.90. The second-order valence-corrected chi connectivity index (χ2v) is 5.94. The quantitative estimate of drug-likeness (QED) is 0.933. The molecule has 1 aliphatic rings. The van der Waals surface area contributed by atoms with E-state index in [9.17, 15) is 4.79 Å². The molecule has 0 fully saturated rings. The fraction of sp³-hybridized carbons (Fsp3) is 0.333. The topological polar surface area (TPSA) is 42.0 Å². The number of carbonyl (C=O) groups excluding carboxylic acids is 1. The van der Waals surface area contributed by atoms with Crippen LogP contribution >= 0.6 is 11.3 Å². The largest absolute Gasteiger partial charge is 0.347 e. The van der Waals surface area contributed by atoms with E-state index < -0.39 is 0 Å². The SMILES string of the molecule is O=C(NCc1ccncc1)c1cc2c(s1)CCCC2. The van der Waals surface area contributed by atoms with Crippen LogP contribution in [0.5, 0.6) is 0 Å². The summed E-state index contributed by atoms with van der Waals surface area (Å²) >= 11 is 1.65. The molecular weight excluding hydrogens is 256 g/mol. The van der Waals surface area contributed by atoms with E-state index in [4.69, 9.17) is 0 Å². The van der Waals surface area contributed by atoms with Crippen molar-refractivity contribution in [2.75, 3.05) is 0 Å². The first-order chi connectivity index (χ1) is 9.33. The fourth-order valence-corrected chi connectivity index (χ4v) is 3.54. The second-order valence-electron chi connectivity index (χ2n) is 4.80. The second kappa shape index (κ2) is 5.53. The lowest BCUT2D eigenvalue weighted by Gasteiger charge is -2.08. The molecule has 19 heavy (non-hydrogen) atoms. The molecule has 0 radical (unpaired) electrons. The predicted molar refractivity (Wildman–Crippen MR) is 76.4 cm³/mol. The molecule has 0 atom stereocenters. The molecule has 0 saturated carbocycles. The molecule has 4 heteroatoms. The molecule has 3 rings (SSSR count). The van der Waals surface area contributed by atoms with Gasteiger partial charge in [-0.3, -0.25) is 9.78 Å². The van der Waals surface area contributed by atoms with Crippen LogP contribution in [0.15, 0.2) is 30.6 Å². The Bertz CT molecular complexity index is 554. The molecule has 0 aliphatic heterocycles. The Hall–Kier alpha value is -1.68. The minimum atomic E-state index is 0.0382. The number of nitrogens with one attached hydrogen (secondary N) is 1. The summed E-state index contributed by atoms with van der Waals surface area (Å²) in [5.74, 6) is 0.0382. The van der Waals surface area contributed by atoms with Crippen LogP contribution in [0.4, 0.5) is 0 Å². The Kier molecular flexibility index (Phi) is 3.60. The molecule has 98 valence electrons. The smallest absolute Gasteiger partial charge is 0.261 e. The molecule has 2 heterocycles. The number of carbonyl (C=O) groups is 1. The van der Waals surface area contributed by atoms with Crippen LogP contribution in [0.25, 0.3) is 0 Å². The van der Waals surface area contributed by atoms with Gasteiger partial charge in [-0.2, -0.15) is 0 Å². The molecule has 1 amide bonds.